The molecule has 10 nitrogen and oxygen atoms in total. The second-order valence-corrected chi connectivity index (χ2v) is 13.0. The van der Waals surface area contributed by atoms with Gasteiger partial charge in [-0.3, -0.25) is 14.4 Å². The maximum absolute atomic E-state index is 14.6. The molecule has 1 spiro atoms. The molecule has 2 fully saturated rings. The number of hydrogen-bond donors (Lipinski definition) is 1. The number of carbonyl (C=O) groups is 3. The second kappa shape index (κ2) is 10.3. The number of esters is 1. The highest BCUT2D eigenvalue weighted by Crippen LogP contribution is 2.65. The number of rotatable bonds is 5. The van der Waals surface area contributed by atoms with Crippen molar-refractivity contribution in [1.82, 2.24) is 24.8 Å². The molecular weight excluding hydrogens is 530 g/mol. The van der Waals surface area contributed by atoms with Gasteiger partial charge in [-0.05, 0) is 44.7 Å². The molecule has 1 N–H and O–H groups in total. The van der Waals surface area contributed by atoms with Gasteiger partial charge in [0.25, 0.3) is 0 Å². The van der Waals surface area contributed by atoms with Gasteiger partial charge in [0.1, 0.15) is 18.2 Å². The SMILES string of the molecule is CC[C@@H](CO)N1C(=O)[C@@H]2[C@@H]3C(=O)OCCCC/C=C\[C@]3(C)S[C@@]23C=CCN(Cn2nnc4ccccc42)C(=O)C13. The molecule has 0 saturated carbocycles. The number of benzene rings is 1. The molecule has 0 radical (unpaired) electrons. The Bertz CT molecular complexity index is 1390. The van der Waals surface area contributed by atoms with E-state index in [0.29, 0.717) is 19.6 Å². The molecule has 212 valence electrons. The lowest BCUT2D eigenvalue weighted by Crippen LogP contribution is -2.56. The van der Waals surface area contributed by atoms with Crippen molar-refractivity contribution in [3.8, 4) is 0 Å². The van der Waals surface area contributed by atoms with Crippen LogP contribution in [0.5, 0.6) is 0 Å². The lowest BCUT2D eigenvalue weighted by atomic mass is 9.74. The molecule has 1 unspecified atom stereocenters. The molecule has 40 heavy (non-hydrogen) atoms. The molecule has 11 heteroatoms. The Morgan fingerprint density at radius 2 is 1.95 bits per heavy atom. The van der Waals surface area contributed by atoms with Crippen molar-refractivity contribution in [3.05, 3.63) is 48.6 Å². The lowest BCUT2D eigenvalue weighted by molar-refractivity contribution is -0.155. The zero-order chi connectivity index (χ0) is 28.1. The summed E-state index contributed by atoms with van der Waals surface area (Å²) in [4.78, 5) is 45.8. The third-order valence-electron chi connectivity index (χ3n) is 8.82. The van der Waals surface area contributed by atoms with E-state index in [2.05, 4.69) is 16.4 Å². The van der Waals surface area contributed by atoms with Gasteiger partial charge in [-0.15, -0.1) is 16.9 Å². The van der Waals surface area contributed by atoms with Gasteiger partial charge in [0.2, 0.25) is 11.8 Å². The first-order valence-electron chi connectivity index (χ1n) is 14.1. The Kier molecular flexibility index (Phi) is 6.98. The molecular formula is C29H35N5O5S. The lowest BCUT2D eigenvalue weighted by Gasteiger charge is -2.39. The number of aromatic nitrogens is 3. The van der Waals surface area contributed by atoms with Gasteiger partial charge < -0.3 is 19.6 Å². The maximum Gasteiger partial charge on any atom is 0.311 e. The minimum absolute atomic E-state index is 0.159. The molecule has 5 heterocycles. The van der Waals surface area contributed by atoms with Crippen LogP contribution in [0.4, 0.5) is 0 Å². The molecule has 4 aliphatic heterocycles. The van der Waals surface area contributed by atoms with Crippen molar-refractivity contribution < 1.29 is 24.2 Å². The van der Waals surface area contributed by atoms with E-state index in [-0.39, 0.29) is 25.1 Å². The molecule has 6 atom stereocenters. The summed E-state index contributed by atoms with van der Waals surface area (Å²) in [7, 11) is 0. The Labute approximate surface area is 237 Å². The van der Waals surface area contributed by atoms with E-state index >= 15 is 0 Å². The third-order valence-corrected chi connectivity index (χ3v) is 10.6. The minimum Gasteiger partial charge on any atom is -0.465 e. The maximum atomic E-state index is 14.6. The van der Waals surface area contributed by atoms with Gasteiger partial charge in [-0.2, -0.15) is 0 Å². The van der Waals surface area contributed by atoms with E-state index in [4.69, 9.17) is 4.74 Å². The number of amides is 2. The van der Waals surface area contributed by atoms with Crippen LogP contribution in [0, 0.1) is 11.8 Å². The van der Waals surface area contributed by atoms with E-state index in [0.717, 1.165) is 30.3 Å². The molecule has 2 saturated heterocycles. The zero-order valence-corrected chi connectivity index (χ0v) is 23.6. The molecule has 1 aromatic carbocycles. The number of para-hydroxylation sites is 1. The predicted molar refractivity (Wildman–Crippen MR) is 150 cm³/mol. The van der Waals surface area contributed by atoms with Crippen molar-refractivity contribution in [2.45, 2.75) is 67.8 Å². The van der Waals surface area contributed by atoms with Crippen molar-refractivity contribution in [1.29, 1.82) is 0 Å². The molecule has 6 rings (SSSR count). The number of ether oxygens (including phenoxy) is 1. The highest BCUT2D eigenvalue weighted by atomic mass is 32.2. The number of allylic oxidation sites excluding steroid dienone is 1. The Hall–Kier alpha value is -3.18. The second-order valence-electron chi connectivity index (χ2n) is 11.2. The predicted octanol–water partition coefficient (Wildman–Crippen LogP) is 2.53. The van der Waals surface area contributed by atoms with E-state index in [1.165, 1.54) is 11.8 Å². The average Bonchev–Trinajstić information content (AvgIpc) is 3.51. The first kappa shape index (κ1) is 27.0. The fourth-order valence-corrected chi connectivity index (χ4v) is 9.04. The molecule has 4 aliphatic rings. The number of fused-ring (bicyclic) bond motifs is 3. The van der Waals surface area contributed by atoms with Crippen LogP contribution in [0.3, 0.4) is 0 Å². The summed E-state index contributed by atoms with van der Waals surface area (Å²) in [6.45, 7) is 4.39. The number of carbonyl (C=O) groups excluding carboxylic acids is 3. The number of aliphatic hydroxyl groups is 1. The van der Waals surface area contributed by atoms with E-state index in [1.807, 2.05) is 56.3 Å². The summed E-state index contributed by atoms with van der Waals surface area (Å²) in [6.07, 6.45) is 11.1. The highest BCUT2D eigenvalue weighted by molar-refractivity contribution is 8.02. The van der Waals surface area contributed by atoms with Crippen LogP contribution >= 0.6 is 11.8 Å². The first-order valence-corrected chi connectivity index (χ1v) is 14.9. The first-order chi connectivity index (χ1) is 19.3. The Morgan fingerprint density at radius 1 is 1.12 bits per heavy atom. The summed E-state index contributed by atoms with van der Waals surface area (Å²) < 4.78 is 5.68. The van der Waals surface area contributed by atoms with Crippen LogP contribution in [0.25, 0.3) is 11.0 Å². The monoisotopic (exact) mass is 565 g/mol. The molecule has 2 aromatic rings. The van der Waals surface area contributed by atoms with Gasteiger partial charge >= 0.3 is 5.97 Å². The third kappa shape index (κ3) is 4.08. The summed E-state index contributed by atoms with van der Waals surface area (Å²) in [5.74, 6) is -2.46. The Balaban J connectivity index is 1.45. The van der Waals surface area contributed by atoms with Crippen molar-refractivity contribution >= 4 is 40.6 Å². The topological polar surface area (TPSA) is 118 Å². The normalized spacial score (nSPS) is 33.8. The minimum atomic E-state index is -0.993. The van der Waals surface area contributed by atoms with Gasteiger partial charge in [-0.25, -0.2) is 4.68 Å². The van der Waals surface area contributed by atoms with Crippen LogP contribution in [0.2, 0.25) is 0 Å². The molecule has 0 aliphatic carbocycles. The smallest absolute Gasteiger partial charge is 0.311 e. The highest BCUT2D eigenvalue weighted by Gasteiger charge is 2.74. The number of cyclic esters (lactones) is 1. The number of nitrogens with zero attached hydrogens (tertiary/aromatic N) is 5. The van der Waals surface area contributed by atoms with Gasteiger partial charge in [0.05, 0.1) is 41.4 Å². The van der Waals surface area contributed by atoms with E-state index in [1.54, 1.807) is 14.5 Å². The summed E-state index contributed by atoms with van der Waals surface area (Å²) in [5, 5.41) is 18.8. The average molecular weight is 566 g/mol. The van der Waals surface area contributed by atoms with Gasteiger partial charge in [-0.1, -0.05) is 48.6 Å². The largest absolute Gasteiger partial charge is 0.465 e. The number of thioether (sulfide) groups is 1. The van der Waals surface area contributed by atoms with Crippen molar-refractivity contribution in [3.63, 3.8) is 0 Å². The van der Waals surface area contributed by atoms with Crippen LogP contribution in [-0.4, -0.2) is 89.0 Å². The zero-order valence-electron chi connectivity index (χ0n) is 22.8. The van der Waals surface area contributed by atoms with Crippen molar-refractivity contribution in [2.75, 3.05) is 19.8 Å². The molecule has 2 amide bonds. The van der Waals surface area contributed by atoms with Crippen LogP contribution in [-0.2, 0) is 25.8 Å². The summed E-state index contributed by atoms with van der Waals surface area (Å²) in [6, 6.07) is 6.11. The van der Waals surface area contributed by atoms with Crippen LogP contribution in [0.15, 0.2) is 48.6 Å². The summed E-state index contributed by atoms with van der Waals surface area (Å²) in [5.41, 5.74) is 1.53. The standard InChI is InChI=1S/C29H35N5O5S/c1-3-19(17-35)34-24-26(37)32(18-33-21-12-7-6-11-20(21)30-31-33)15-10-14-29(24)22(25(34)36)23-27(38)39-16-9-5-4-8-13-28(23,2)40-29/h6-8,10-14,19,22-24,35H,3-5,9,15-18H2,1-2H3/b13-8-/t19-,22-,23+,24?,28-,29-/m0/s1. The summed E-state index contributed by atoms with van der Waals surface area (Å²) >= 11 is 1.52. The number of likely N-dealkylation sites (tertiary alicyclic amines) is 1. The van der Waals surface area contributed by atoms with E-state index in [9.17, 15) is 19.5 Å². The van der Waals surface area contributed by atoms with Gasteiger partial charge in [0.15, 0.2) is 0 Å². The fraction of sp³-hybridized carbons (Fsp3) is 0.552. The fourth-order valence-electron chi connectivity index (χ4n) is 6.90. The Morgan fingerprint density at radius 3 is 2.75 bits per heavy atom. The molecule has 0 bridgehead atoms. The van der Waals surface area contributed by atoms with E-state index < -0.39 is 39.4 Å². The van der Waals surface area contributed by atoms with Crippen LogP contribution in [0.1, 0.15) is 39.5 Å². The molecule has 1 aromatic heterocycles. The van der Waals surface area contributed by atoms with Crippen molar-refractivity contribution in [2.24, 2.45) is 11.8 Å². The van der Waals surface area contributed by atoms with Crippen LogP contribution < -0.4 is 0 Å². The quantitative estimate of drug-likeness (QED) is 0.434. The number of aliphatic hydroxyl groups excluding tert-OH is 1. The van der Waals surface area contributed by atoms with Gasteiger partial charge in [0, 0.05) is 11.3 Å². The number of hydrogen-bond acceptors (Lipinski definition) is 8.